The van der Waals surface area contributed by atoms with E-state index in [-0.39, 0.29) is 0 Å². The first-order valence-corrected chi connectivity index (χ1v) is 6.26. The van der Waals surface area contributed by atoms with Crippen molar-refractivity contribution in [1.82, 2.24) is 5.32 Å². The Morgan fingerprint density at radius 2 is 2.29 bits per heavy atom. The minimum atomic E-state index is 0.930. The maximum atomic E-state index is 5.32. The predicted octanol–water partition coefficient (Wildman–Crippen LogP) is -1.41. The van der Waals surface area contributed by atoms with Gasteiger partial charge in [0.05, 0.1) is 32.1 Å². The lowest BCUT2D eigenvalue weighted by atomic mass is 10.4. The molecule has 0 spiro atoms. The zero-order valence-electron chi connectivity index (χ0n) is 8.42. The highest BCUT2D eigenvalue weighted by Gasteiger charge is 2.14. The van der Waals surface area contributed by atoms with Gasteiger partial charge in [-0.3, -0.25) is 4.99 Å². The highest BCUT2D eigenvalue weighted by Crippen LogP contribution is 2.03. The van der Waals surface area contributed by atoms with E-state index in [0.717, 1.165) is 31.5 Å². The third kappa shape index (κ3) is 3.15. The van der Waals surface area contributed by atoms with Crippen molar-refractivity contribution in [3.63, 3.8) is 0 Å². The number of aliphatic imine (C=N–C) groups is 1. The first-order chi connectivity index (χ1) is 6.95. The van der Waals surface area contributed by atoms with Crippen LogP contribution in [0.3, 0.4) is 0 Å². The topological polar surface area (TPSA) is 38.1 Å². The van der Waals surface area contributed by atoms with E-state index in [1.807, 2.05) is 11.8 Å². The number of morpholine rings is 1. The summed E-state index contributed by atoms with van der Waals surface area (Å²) in [4.78, 5) is 6.02. The molecule has 5 heteroatoms. The summed E-state index contributed by atoms with van der Waals surface area (Å²) in [5, 5.41) is 4.41. The Hall–Kier alpha value is -0.260. The average Bonchev–Trinajstić information content (AvgIpc) is 2.72. The summed E-state index contributed by atoms with van der Waals surface area (Å²) in [6.07, 6.45) is 0. The van der Waals surface area contributed by atoms with Crippen LogP contribution in [-0.4, -0.2) is 56.9 Å². The van der Waals surface area contributed by atoms with Crippen LogP contribution < -0.4 is 10.2 Å². The Bertz CT molecular complexity index is 204. The van der Waals surface area contributed by atoms with Crippen LogP contribution in [0, 0.1) is 0 Å². The Labute approximate surface area is 89.1 Å². The minimum absolute atomic E-state index is 0.930. The normalized spacial score (nSPS) is 23.3. The zero-order valence-corrected chi connectivity index (χ0v) is 9.24. The Balaban J connectivity index is 1.57. The van der Waals surface area contributed by atoms with Gasteiger partial charge in [-0.15, -0.1) is 0 Å². The summed E-state index contributed by atoms with van der Waals surface area (Å²) in [6.45, 7) is 7.40. The molecule has 0 aromatic rings. The number of nitrogens with one attached hydrogen (secondary N) is 2. The van der Waals surface area contributed by atoms with Gasteiger partial charge in [0.15, 0.2) is 5.17 Å². The predicted molar refractivity (Wildman–Crippen MR) is 59.1 cm³/mol. The first kappa shape index (κ1) is 10.3. The van der Waals surface area contributed by atoms with Gasteiger partial charge >= 0.3 is 0 Å². The molecule has 4 nitrogen and oxygen atoms in total. The summed E-state index contributed by atoms with van der Waals surface area (Å²) >= 11 is 1.85. The molecule has 2 aliphatic heterocycles. The van der Waals surface area contributed by atoms with Gasteiger partial charge in [0.2, 0.25) is 0 Å². The average molecular weight is 216 g/mol. The fraction of sp³-hybridized carbons (Fsp3) is 0.889. The van der Waals surface area contributed by atoms with Crippen LogP contribution in [0.4, 0.5) is 0 Å². The van der Waals surface area contributed by atoms with Crippen LogP contribution in [0.25, 0.3) is 0 Å². The molecule has 0 aromatic carbocycles. The number of quaternary nitrogens is 1. The van der Waals surface area contributed by atoms with E-state index in [4.69, 9.17) is 4.74 Å². The van der Waals surface area contributed by atoms with Crippen LogP contribution in [-0.2, 0) is 4.74 Å². The number of hydrogen-bond donors (Lipinski definition) is 2. The van der Waals surface area contributed by atoms with E-state index < -0.39 is 0 Å². The number of amidine groups is 1. The molecule has 2 rings (SSSR count). The maximum Gasteiger partial charge on any atom is 0.156 e. The second kappa shape index (κ2) is 5.58. The minimum Gasteiger partial charge on any atom is -0.370 e. The molecule has 0 saturated carbocycles. The van der Waals surface area contributed by atoms with Crippen molar-refractivity contribution in [3.8, 4) is 0 Å². The molecule has 0 amide bonds. The van der Waals surface area contributed by atoms with Crippen molar-refractivity contribution in [2.75, 3.05) is 51.7 Å². The highest BCUT2D eigenvalue weighted by atomic mass is 32.2. The lowest BCUT2D eigenvalue weighted by Crippen LogP contribution is -3.14. The van der Waals surface area contributed by atoms with Gasteiger partial charge in [-0.25, -0.2) is 0 Å². The summed E-state index contributed by atoms with van der Waals surface area (Å²) < 4.78 is 5.32. The molecule has 0 unspecified atom stereocenters. The van der Waals surface area contributed by atoms with Crippen LogP contribution in [0.2, 0.25) is 0 Å². The zero-order chi connectivity index (χ0) is 9.64. The van der Waals surface area contributed by atoms with Crippen LogP contribution in [0.15, 0.2) is 4.99 Å². The van der Waals surface area contributed by atoms with Gasteiger partial charge in [0.1, 0.15) is 13.1 Å². The number of nitrogens with zero attached hydrogens (tertiary/aromatic N) is 1. The van der Waals surface area contributed by atoms with Gasteiger partial charge in [-0.2, -0.15) is 0 Å². The van der Waals surface area contributed by atoms with Crippen molar-refractivity contribution in [3.05, 3.63) is 0 Å². The SMILES string of the molecule is C1CNC(SCC[NH+]2CCOCC2)=N1. The van der Waals surface area contributed by atoms with Crippen LogP contribution in [0.1, 0.15) is 0 Å². The second-order valence-corrected chi connectivity index (χ2v) is 4.66. The Morgan fingerprint density at radius 1 is 1.43 bits per heavy atom. The standard InChI is InChI=1S/C9H17N3OS/c1-2-11-9(10-1)14-8-5-12-3-6-13-7-4-12/h1-8H2,(H,10,11)/p+1. The van der Waals surface area contributed by atoms with Gasteiger partial charge in [0, 0.05) is 6.54 Å². The van der Waals surface area contributed by atoms with Gasteiger partial charge in [0.25, 0.3) is 0 Å². The fourth-order valence-electron chi connectivity index (χ4n) is 1.67. The fourth-order valence-corrected chi connectivity index (χ4v) is 2.65. The molecule has 0 bridgehead atoms. The molecule has 1 fully saturated rings. The number of rotatable bonds is 3. The number of hydrogen-bond acceptors (Lipinski definition) is 4. The summed E-state index contributed by atoms with van der Waals surface area (Å²) in [7, 11) is 0. The van der Waals surface area contributed by atoms with Crippen molar-refractivity contribution < 1.29 is 9.64 Å². The van der Waals surface area contributed by atoms with Gasteiger partial charge in [-0.05, 0) is 0 Å². The Morgan fingerprint density at radius 3 is 3.00 bits per heavy atom. The van der Waals surface area contributed by atoms with Crippen molar-refractivity contribution >= 4 is 16.9 Å². The molecule has 0 aromatic heterocycles. The Kier molecular flexibility index (Phi) is 4.09. The molecule has 2 aliphatic rings. The molecular weight excluding hydrogens is 198 g/mol. The van der Waals surface area contributed by atoms with E-state index in [0.29, 0.717) is 0 Å². The number of thioether (sulfide) groups is 1. The van der Waals surface area contributed by atoms with Gasteiger partial charge < -0.3 is 15.0 Å². The van der Waals surface area contributed by atoms with Gasteiger partial charge in [-0.1, -0.05) is 11.8 Å². The molecule has 0 aliphatic carbocycles. The van der Waals surface area contributed by atoms with E-state index in [2.05, 4.69) is 10.3 Å². The molecular formula is C9H18N3OS+. The van der Waals surface area contributed by atoms with E-state index in [1.54, 1.807) is 4.90 Å². The molecule has 2 heterocycles. The first-order valence-electron chi connectivity index (χ1n) is 5.27. The van der Waals surface area contributed by atoms with E-state index >= 15 is 0 Å². The largest absolute Gasteiger partial charge is 0.370 e. The van der Waals surface area contributed by atoms with E-state index in [1.165, 1.54) is 25.4 Å². The smallest absolute Gasteiger partial charge is 0.156 e. The maximum absolute atomic E-state index is 5.32. The highest BCUT2D eigenvalue weighted by molar-refractivity contribution is 8.13. The van der Waals surface area contributed by atoms with Crippen LogP contribution >= 0.6 is 11.8 Å². The van der Waals surface area contributed by atoms with Crippen molar-refractivity contribution in [1.29, 1.82) is 0 Å². The summed E-state index contributed by atoms with van der Waals surface area (Å²) in [6, 6.07) is 0. The quantitative estimate of drug-likeness (QED) is 0.609. The number of ether oxygens (including phenoxy) is 1. The monoisotopic (exact) mass is 216 g/mol. The molecule has 0 radical (unpaired) electrons. The third-order valence-electron chi connectivity index (χ3n) is 2.54. The molecule has 2 N–H and O–H groups in total. The van der Waals surface area contributed by atoms with E-state index in [9.17, 15) is 0 Å². The second-order valence-electron chi connectivity index (χ2n) is 3.57. The van der Waals surface area contributed by atoms with Crippen molar-refractivity contribution in [2.24, 2.45) is 4.99 Å². The summed E-state index contributed by atoms with van der Waals surface area (Å²) in [5.41, 5.74) is 0. The summed E-state index contributed by atoms with van der Waals surface area (Å²) in [5.74, 6) is 1.17. The van der Waals surface area contributed by atoms with Crippen LogP contribution in [0.5, 0.6) is 0 Å². The molecule has 0 atom stereocenters. The van der Waals surface area contributed by atoms with Crippen molar-refractivity contribution in [2.45, 2.75) is 0 Å². The lowest BCUT2D eigenvalue weighted by molar-refractivity contribution is -0.905. The molecule has 14 heavy (non-hydrogen) atoms. The third-order valence-corrected chi connectivity index (χ3v) is 3.49. The lowest BCUT2D eigenvalue weighted by Gasteiger charge is -2.23. The molecule has 80 valence electrons. The molecule has 1 saturated heterocycles.